The van der Waals surface area contributed by atoms with E-state index in [0.29, 0.717) is 5.69 Å². The predicted molar refractivity (Wildman–Crippen MR) is 64.2 cm³/mol. The van der Waals surface area contributed by atoms with Crippen molar-refractivity contribution in [3.63, 3.8) is 0 Å². The molecule has 92 valence electrons. The Morgan fingerprint density at radius 1 is 1.41 bits per heavy atom. The fraction of sp³-hybridized carbons (Fsp3) is 0.417. The Hall–Kier alpha value is -1.29. The fourth-order valence-electron chi connectivity index (χ4n) is 2.03. The number of anilines is 1. The molecule has 0 N–H and O–H groups in total. The van der Waals surface area contributed by atoms with E-state index in [0.717, 1.165) is 25.9 Å². The van der Waals surface area contributed by atoms with Crippen molar-refractivity contribution in [1.29, 1.82) is 0 Å². The molecule has 0 aromatic heterocycles. The van der Waals surface area contributed by atoms with E-state index < -0.39 is 11.8 Å². The Balaban J connectivity index is 2.45. The van der Waals surface area contributed by atoms with E-state index in [1.54, 1.807) is 6.07 Å². The van der Waals surface area contributed by atoms with Crippen LogP contribution in [0.25, 0.3) is 0 Å². The minimum absolute atomic E-state index is 0.138. The van der Waals surface area contributed by atoms with Crippen molar-refractivity contribution >= 4 is 23.3 Å². The van der Waals surface area contributed by atoms with Gasteiger partial charge in [0.2, 0.25) is 0 Å². The SMILES string of the molecule is COC(=O)c1c(F)ccc(N2CCCC2)c1Cl. The molecule has 1 aliphatic heterocycles. The smallest absolute Gasteiger partial charge is 0.342 e. The molecule has 1 fully saturated rings. The van der Waals surface area contributed by atoms with Crippen LogP contribution >= 0.6 is 11.6 Å². The highest BCUT2D eigenvalue weighted by Gasteiger charge is 2.23. The molecule has 5 heteroatoms. The quantitative estimate of drug-likeness (QED) is 0.763. The number of hydrogen-bond acceptors (Lipinski definition) is 3. The van der Waals surface area contributed by atoms with Gasteiger partial charge in [0.1, 0.15) is 11.4 Å². The van der Waals surface area contributed by atoms with Gasteiger partial charge in [-0.3, -0.25) is 0 Å². The zero-order chi connectivity index (χ0) is 12.4. The number of benzene rings is 1. The summed E-state index contributed by atoms with van der Waals surface area (Å²) in [6.45, 7) is 1.76. The summed E-state index contributed by atoms with van der Waals surface area (Å²) in [5.41, 5.74) is 0.518. The Bertz CT molecular complexity index is 444. The standard InChI is InChI=1S/C12H13ClFNO2/c1-17-12(16)10-8(14)4-5-9(11(10)13)15-6-2-3-7-15/h4-5H,2-3,6-7H2,1H3. The van der Waals surface area contributed by atoms with E-state index in [4.69, 9.17) is 11.6 Å². The van der Waals surface area contributed by atoms with Gasteiger partial charge in [0.15, 0.2) is 0 Å². The molecule has 1 aromatic carbocycles. The summed E-state index contributed by atoms with van der Waals surface area (Å²) < 4.78 is 18.1. The lowest BCUT2D eigenvalue weighted by atomic mass is 10.1. The molecule has 2 rings (SSSR count). The summed E-state index contributed by atoms with van der Waals surface area (Å²) >= 11 is 6.09. The third kappa shape index (κ3) is 2.22. The molecule has 0 spiro atoms. The van der Waals surface area contributed by atoms with Crippen LogP contribution < -0.4 is 4.90 Å². The summed E-state index contributed by atoms with van der Waals surface area (Å²) in [6.07, 6.45) is 2.17. The van der Waals surface area contributed by atoms with Gasteiger partial charge in [0.05, 0.1) is 17.8 Å². The largest absolute Gasteiger partial charge is 0.465 e. The third-order valence-corrected chi connectivity index (χ3v) is 3.29. The molecule has 0 atom stereocenters. The van der Waals surface area contributed by atoms with E-state index in [1.807, 2.05) is 4.90 Å². The zero-order valence-electron chi connectivity index (χ0n) is 9.50. The lowest BCUT2D eigenvalue weighted by molar-refractivity contribution is 0.0596. The van der Waals surface area contributed by atoms with Crippen molar-refractivity contribution in [3.8, 4) is 0 Å². The Morgan fingerprint density at radius 2 is 2.06 bits per heavy atom. The van der Waals surface area contributed by atoms with Crippen LogP contribution in [0.4, 0.5) is 10.1 Å². The van der Waals surface area contributed by atoms with Crippen LogP contribution in [-0.2, 0) is 4.74 Å². The van der Waals surface area contributed by atoms with Crippen molar-refractivity contribution < 1.29 is 13.9 Å². The van der Waals surface area contributed by atoms with Crippen LogP contribution in [0.15, 0.2) is 12.1 Å². The van der Waals surface area contributed by atoms with Crippen molar-refractivity contribution in [2.45, 2.75) is 12.8 Å². The Morgan fingerprint density at radius 3 is 2.65 bits per heavy atom. The van der Waals surface area contributed by atoms with Crippen LogP contribution in [0.1, 0.15) is 23.2 Å². The summed E-state index contributed by atoms with van der Waals surface area (Å²) in [7, 11) is 1.21. The lowest BCUT2D eigenvalue weighted by Crippen LogP contribution is -2.19. The topological polar surface area (TPSA) is 29.5 Å². The third-order valence-electron chi connectivity index (χ3n) is 2.91. The highest BCUT2D eigenvalue weighted by atomic mass is 35.5. The van der Waals surface area contributed by atoms with Gasteiger partial charge in [-0.2, -0.15) is 0 Å². The lowest BCUT2D eigenvalue weighted by Gasteiger charge is -2.20. The number of rotatable bonds is 2. The van der Waals surface area contributed by atoms with Gasteiger partial charge in [-0.15, -0.1) is 0 Å². The highest BCUT2D eigenvalue weighted by molar-refractivity contribution is 6.36. The summed E-state index contributed by atoms with van der Waals surface area (Å²) in [5, 5.41) is 0.138. The summed E-state index contributed by atoms with van der Waals surface area (Å²) in [4.78, 5) is 13.5. The van der Waals surface area contributed by atoms with Crippen LogP contribution in [0.5, 0.6) is 0 Å². The minimum Gasteiger partial charge on any atom is -0.465 e. The Labute approximate surface area is 104 Å². The molecule has 1 aromatic rings. The number of ether oxygens (including phenoxy) is 1. The fourth-order valence-corrected chi connectivity index (χ4v) is 2.38. The summed E-state index contributed by atoms with van der Waals surface area (Å²) in [6, 6.07) is 2.86. The first-order chi connectivity index (χ1) is 8.15. The molecule has 0 unspecified atom stereocenters. The maximum atomic E-state index is 13.6. The number of carbonyl (C=O) groups is 1. The van der Waals surface area contributed by atoms with E-state index in [1.165, 1.54) is 13.2 Å². The molecule has 0 saturated carbocycles. The minimum atomic E-state index is -0.742. The highest BCUT2D eigenvalue weighted by Crippen LogP contribution is 2.33. The van der Waals surface area contributed by atoms with E-state index >= 15 is 0 Å². The molecule has 0 amide bonds. The van der Waals surface area contributed by atoms with E-state index in [9.17, 15) is 9.18 Å². The van der Waals surface area contributed by atoms with Gasteiger partial charge >= 0.3 is 5.97 Å². The summed E-state index contributed by atoms with van der Waals surface area (Å²) in [5.74, 6) is -1.39. The van der Waals surface area contributed by atoms with Gasteiger partial charge in [-0.05, 0) is 25.0 Å². The van der Waals surface area contributed by atoms with E-state index in [2.05, 4.69) is 4.74 Å². The molecule has 0 bridgehead atoms. The van der Waals surface area contributed by atoms with Gasteiger partial charge < -0.3 is 9.64 Å². The molecule has 0 aliphatic carbocycles. The van der Waals surface area contributed by atoms with Gasteiger partial charge in [0, 0.05) is 13.1 Å². The maximum Gasteiger partial charge on any atom is 0.342 e. The van der Waals surface area contributed by atoms with Crippen molar-refractivity contribution in [2.24, 2.45) is 0 Å². The molecular weight excluding hydrogens is 245 g/mol. The molecule has 3 nitrogen and oxygen atoms in total. The number of esters is 1. The number of carbonyl (C=O) groups excluding carboxylic acids is 1. The van der Waals surface area contributed by atoms with Crippen LogP contribution in [-0.4, -0.2) is 26.2 Å². The van der Waals surface area contributed by atoms with Gasteiger partial charge in [-0.25, -0.2) is 9.18 Å². The second-order valence-corrected chi connectivity index (χ2v) is 4.32. The molecule has 1 aliphatic rings. The van der Waals surface area contributed by atoms with Crippen LogP contribution in [0.3, 0.4) is 0 Å². The first-order valence-corrected chi connectivity index (χ1v) is 5.84. The van der Waals surface area contributed by atoms with Crippen molar-refractivity contribution in [3.05, 3.63) is 28.5 Å². The van der Waals surface area contributed by atoms with Crippen LogP contribution in [0.2, 0.25) is 5.02 Å². The molecule has 0 radical (unpaired) electrons. The average molecular weight is 258 g/mol. The zero-order valence-corrected chi connectivity index (χ0v) is 10.3. The number of halogens is 2. The number of hydrogen-bond donors (Lipinski definition) is 0. The second-order valence-electron chi connectivity index (χ2n) is 3.94. The predicted octanol–water partition coefficient (Wildman–Crippen LogP) is 2.87. The first kappa shape index (κ1) is 12.2. The van der Waals surface area contributed by atoms with Gasteiger partial charge in [0.25, 0.3) is 0 Å². The second kappa shape index (κ2) is 4.92. The monoisotopic (exact) mass is 257 g/mol. The number of nitrogens with zero attached hydrogens (tertiary/aromatic N) is 1. The van der Waals surface area contributed by atoms with Crippen molar-refractivity contribution in [1.82, 2.24) is 0 Å². The Kier molecular flexibility index (Phi) is 3.52. The maximum absolute atomic E-state index is 13.6. The molecule has 17 heavy (non-hydrogen) atoms. The molecular formula is C12H13ClFNO2. The van der Waals surface area contributed by atoms with Gasteiger partial charge in [-0.1, -0.05) is 11.6 Å². The van der Waals surface area contributed by atoms with Crippen LogP contribution in [0, 0.1) is 5.82 Å². The van der Waals surface area contributed by atoms with E-state index in [-0.39, 0.29) is 10.6 Å². The molecule has 1 saturated heterocycles. The first-order valence-electron chi connectivity index (χ1n) is 5.46. The molecule has 1 heterocycles. The average Bonchev–Trinajstić information content (AvgIpc) is 2.82. The normalized spacial score (nSPS) is 15.1. The van der Waals surface area contributed by atoms with Crippen molar-refractivity contribution in [2.75, 3.05) is 25.1 Å². The number of methoxy groups -OCH3 is 1.